The SMILES string of the molecule is COC(=O)c1cc(-c2cnnn2-c2cc(OC)c3c(c2)OCO3)ccc1OC. The first-order valence-corrected chi connectivity index (χ1v) is 8.31. The minimum atomic E-state index is -0.498. The van der Waals surface area contributed by atoms with Crippen LogP contribution in [0.2, 0.25) is 0 Å². The van der Waals surface area contributed by atoms with E-state index >= 15 is 0 Å². The van der Waals surface area contributed by atoms with Gasteiger partial charge in [-0.2, -0.15) is 0 Å². The Morgan fingerprint density at radius 3 is 2.64 bits per heavy atom. The summed E-state index contributed by atoms with van der Waals surface area (Å²) in [7, 11) is 4.36. The molecule has 0 unspecified atom stereocenters. The number of ether oxygens (including phenoxy) is 5. The Balaban J connectivity index is 1.82. The molecule has 0 radical (unpaired) electrons. The van der Waals surface area contributed by atoms with Gasteiger partial charge in [-0.3, -0.25) is 0 Å². The highest BCUT2D eigenvalue weighted by atomic mass is 16.7. The van der Waals surface area contributed by atoms with Gasteiger partial charge in [0, 0.05) is 17.7 Å². The van der Waals surface area contributed by atoms with Crippen LogP contribution in [-0.2, 0) is 4.74 Å². The zero-order valence-electron chi connectivity index (χ0n) is 15.5. The van der Waals surface area contributed by atoms with Gasteiger partial charge in [0.05, 0.1) is 38.9 Å². The molecule has 1 aliphatic rings. The maximum atomic E-state index is 12.1. The number of benzene rings is 2. The van der Waals surface area contributed by atoms with Crippen molar-refractivity contribution in [2.24, 2.45) is 0 Å². The second-order valence-electron chi connectivity index (χ2n) is 5.82. The van der Waals surface area contributed by atoms with Crippen LogP contribution in [0, 0.1) is 0 Å². The third-order valence-electron chi connectivity index (χ3n) is 4.34. The molecule has 3 aromatic rings. The first-order chi connectivity index (χ1) is 13.7. The van der Waals surface area contributed by atoms with E-state index < -0.39 is 5.97 Å². The van der Waals surface area contributed by atoms with E-state index in [0.717, 1.165) is 0 Å². The lowest BCUT2D eigenvalue weighted by molar-refractivity contribution is 0.0597. The second kappa shape index (κ2) is 7.10. The summed E-state index contributed by atoms with van der Waals surface area (Å²) in [5.41, 5.74) is 2.35. The second-order valence-corrected chi connectivity index (χ2v) is 5.82. The van der Waals surface area contributed by atoms with E-state index in [1.165, 1.54) is 14.2 Å². The predicted octanol–water partition coefficient (Wildman–Crippen LogP) is 2.47. The molecule has 0 saturated carbocycles. The molecule has 0 aliphatic carbocycles. The van der Waals surface area contributed by atoms with Gasteiger partial charge in [0.2, 0.25) is 12.5 Å². The molecule has 0 spiro atoms. The lowest BCUT2D eigenvalue weighted by atomic mass is 10.1. The Morgan fingerprint density at radius 1 is 1.07 bits per heavy atom. The van der Waals surface area contributed by atoms with Crippen LogP contribution in [-0.4, -0.2) is 49.1 Å². The maximum absolute atomic E-state index is 12.1. The number of rotatable bonds is 5. The number of hydrogen-bond donors (Lipinski definition) is 0. The average Bonchev–Trinajstić information content (AvgIpc) is 3.41. The van der Waals surface area contributed by atoms with Gasteiger partial charge in [-0.15, -0.1) is 5.10 Å². The summed E-state index contributed by atoms with van der Waals surface area (Å²) in [5.74, 6) is 1.55. The van der Waals surface area contributed by atoms with E-state index in [0.29, 0.717) is 45.5 Å². The van der Waals surface area contributed by atoms with Crippen LogP contribution in [0.5, 0.6) is 23.0 Å². The summed E-state index contributed by atoms with van der Waals surface area (Å²) in [6, 6.07) is 8.73. The van der Waals surface area contributed by atoms with Crippen molar-refractivity contribution >= 4 is 5.97 Å². The van der Waals surface area contributed by atoms with Crippen LogP contribution in [0.25, 0.3) is 16.9 Å². The summed E-state index contributed by atoms with van der Waals surface area (Å²) in [6.07, 6.45) is 1.60. The molecule has 9 heteroatoms. The number of carbonyl (C=O) groups is 1. The van der Waals surface area contributed by atoms with Crippen molar-refractivity contribution in [3.63, 3.8) is 0 Å². The molecule has 1 aromatic heterocycles. The van der Waals surface area contributed by atoms with Gasteiger partial charge >= 0.3 is 5.97 Å². The quantitative estimate of drug-likeness (QED) is 0.620. The van der Waals surface area contributed by atoms with Gasteiger partial charge in [0.1, 0.15) is 11.3 Å². The Hall–Kier alpha value is -3.75. The van der Waals surface area contributed by atoms with Gasteiger partial charge in [-0.25, -0.2) is 9.48 Å². The van der Waals surface area contributed by atoms with E-state index in [1.807, 2.05) is 6.07 Å². The molecular formula is C19H17N3O6. The molecule has 0 fully saturated rings. The Morgan fingerprint density at radius 2 is 1.89 bits per heavy atom. The zero-order valence-corrected chi connectivity index (χ0v) is 15.5. The van der Waals surface area contributed by atoms with Gasteiger partial charge in [0.15, 0.2) is 11.5 Å². The fraction of sp³-hybridized carbons (Fsp3) is 0.211. The first kappa shape index (κ1) is 17.7. The molecule has 28 heavy (non-hydrogen) atoms. The Kier molecular flexibility index (Phi) is 4.48. The molecular weight excluding hydrogens is 366 g/mol. The first-order valence-electron chi connectivity index (χ1n) is 8.31. The number of methoxy groups -OCH3 is 3. The van der Waals surface area contributed by atoms with Crippen LogP contribution < -0.4 is 18.9 Å². The molecule has 2 heterocycles. The van der Waals surface area contributed by atoms with Crippen molar-refractivity contribution in [1.29, 1.82) is 0 Å². The third kappa shape index (κ3) is 2.86. The standard InChI is InChI=1S/C19H17N3O6/c1-24-15-5-4-11(6-13(15)19(23)26-3)14-9-20-21-22(14)12-7-16(25-2)18-17(8-12)27-10-28-18/h4-9H,10H2,1-3H3. The minimum Gasteiger partial charge on any atom is -0.496 e. The van der Waals surface area contributed by atoms with Gasteiger partial charge in [0.25, 0.3) is 0 Å². The topological polar surface area (TPSA) is 93.9 Å². The number of hydrogen-bond acceptors (Lipinski definition) is 8. The number of nitrogens with zero attached hydrogens (tertiary/aromatic N) is 3. The number of carbonyl (C=O) groups excluding carboxylic acids is 1. The summed E-state index contributed by atoms with van der Waals surface area (Å²) >= 11 is 0. The zero-order chi connectivity index (χ0) is 19.7. The largest absolute Gasteiger partial charge is 0.496 e. The van der Waals surface area contributed by atoms with Crippen LogP contribution in [0.1, 0.15) is 10.4 Å². The fourth-order valence-electron chi connectivity index (χ4n) is 3.00. The molecule has 0 amide bonds. The Bertz CT molecular complexity index is 1050. The molecule has 0 saturated heterocycles. The van der Waals surface area contributed by atoms with Crippen molar-refractivity contribution in [2.75, 3.05) is 28.1 Å². The van der Waals surface area contributed by atoms with Crippen molar-refractivity contribution in [1.82, 2.24) is 15.0 Å². The highest BCUT2D eigenvalue weighted by molar-refractivity contribution is 5.94. The van der Waals surface area contributed by atoms with Crippen molar-refractivity contribution in [3.8, 4) is 39.9 Å². The van der Waals surface area contributed by atoms with Crippen LogP contribution in [0.3, 0.4) is 0 Å². The lowest BCUT2D eigenvalue weighted by Gasteiger charge is -2.12. The van der Waals surface area contributed by atoms with Gasteiger partial charge in [-0.05, 0) is 18.2 Å². The average molecular weight is 383 g/mol. The summed E-state index contributed by atoms with van der Waals surface area (Å²) in [6.45, 7) is 0.125. The van der Waals surface area contributed by atoms with Crippen molar-refractivity contribution < 1.29 is 28.5 Å². The minimum absolute atomic E-state index is 0.125. The highest BCUT2D eigenvalue weighted by Crippen LogP contribution is 2.43. The van der Waals surface area contributed by atoms with Gasteiger partial charge < -0.3 is 23.7 Å². The molecule has 1 aliphatic heterocycles. The molecule has 0 atom stereocenters. The molecule has 0 bridgehead atoms. The van der Waals surface area contributed by atoms with Crippen molar-refractivity contribution in [2.45, 2.75) is 0 Å². The van der Waals surface area contributed by atoms with Crippen molar-refractivity contribution in [3.05, 3.63) is 42.1 Å². The van der Waals surface area contributed by atoms with Crippen LogP contribution in [0.15, 0.2) is 36.5 Å². The van der Waals surface area contributed by atoms with Gasteiger partial charge in [-0.1, -0.05) is 5.21 Å². The summed E-state index contributed by atoms with van der Waals surface area (Å²) < 4.78 is 28.0. The molecule has 9 nitrogen and oxygen atoms in total. The normalized spacial score (nSPS) is 12.0. The van der Waals surface area contributed by atoms with E-state index in [1.54, 1.807) is 42.3 Å². The van der Waals surface area contributed by atoms with E-state index in [4.69, 9.17) is 23.7 Å². The molecule has 144 valence electrons. The summed E-state index contributed by atoms with van der Waals surface area (Å²) in [5, 5.41) is 8.18. The highest BCUT2D eigenvalue weighted by Gasteiger charge is 2.23. The molecule has 0 N–H and O–H groups in total. The fourth-order valence-corrected chi connectivity index (χ4v) is 3.00. The third-order valence-corrected chi connectivity index (χ3v) is 4.34. The van der Waals surface area contributed by atoms with Crippen LogP contribution in [0.4, 0.5) is 0 Å². The number of esters is 1. The maximum Gasteiger partial charge on any atom is 0.341 e. The smallest absolute Gasteiger partial charge is 0.341 e. The van der Waals surface area contributed by atoms with E-state index in [2.05, 4.69) is 10.3 Å². The molecule has 2 aromatic carbocycles. The molecule has 4 rings (SSSR count). The Labute approximate surface area is 160 Å². The predicted molar refractivity (Wildman–Crippen MR) is 97.4 cm³/mol. The monoisotopic (exact) mass is 383 g/mol. The summed E-state index contributed by atoms with van der Waals surface area (Å²) in [4.78, 5) is 12.1. The number of fused-ring (bicyclic) bond motifs is 1. The number of aromatic nitrogens is 3. The lowest BCUT2D eigenvalue weighted by Crippen LogP contribution is -2.05. The van der Waals surface area contributed by atoms with E-state index in [-0.39, 0.29) is 6.79 Å². The van der Waals surface area contributed by atoms with E-state index in [9.17, 15) is 4.79 Å². The van der Waals surface area contributed by atoms with Crippen LogP contribution >= 0.6 is 0 Å².